The van der Waals surface area contributed by atoms with Crippen LogP contribution in [0.25, 0.3) is 0 Å². The highest BCUT2D eigenvalue weighted by Crippen LogP contribution is 2.30. The number of hydrogen-bond donors (Lipinski definition) is 1. The Hall–Kier alpha value is -0.900. The normalized spacial score (nSPS) is 15.0. The van der Waals surface area contributed by atoms with Crippen molar-refractivity contribution in [3.63, 3.8) is 0 Å². The van der Waals surface area contributed by atoms with Crippen LogP contribution in [0.3, 0.4) is 0 Å². The summed E-state index contributed by atoms with van der Waals surface area (Å²) in [5, 5.41) is 9.12. The van der Waals surface area contributed by atoms with E-state index in [2.05, 4.69) is 15.9 Å². The minimum absolute atomic E-state index is 0.0189. The van der Waals surface area contributed by atoms with Crippen LogP contribution in [-0.2, 0) is 10.5 Å². The van der Waals surface area contributed by atoms with Gasteiger partial charge in [-0.2, -0.15) is 0 Å². The molecule has 0 radical (unpaired) electrons. The lowest BCUT2D eigenvalue weighted by molar-refractivity contribution is -0.117. The average molecular weight is 247 g/mol. The van der Waals surface area contributed by atoms with Crippen LogP contribution in [0, 0.1) is 0 Å². The van der Waals surface area contributed by atoms with Gasteiger partial charge in [0.15, 0.2) is 12.0 Å². The Morgan fingerprint density at radius 3 is 2.69 bits per heavy atom. The van der Waals surface area contributed by atoms with Crippen molar-refractivity contribution in [2.45, 2.75) is 12.6 Å². The Labute approximate surface area is 83.5 Å². The first-order chi connectivity index (χ1) is 5.97. The fourth-order valence-electron chi connectivity index (χ4n) is 0.879. The predicted octanol–water partition coefficient (Wildman–Crippen LogP) is 2.54. The van der Waals surface area contributed by atoms with E-state index in [-0.39, 0.29) is 17.6 Å². The van der Waals surface area contributed by atoms with Crippen LogP contribution in [0.2, 0.25) is 0 Å². The van der Waals surface area contributed by atoms with Gasteiger partial charge in [-0.05, 0) is 40.5 Å². The summed E-state index contributed by atoms with van der Waals surface area (Å²) < 4.78 is 13.8. The number of aromatic hydroxyl groups is 1. The molecule has 70 valence electrons. The van der Waals surface area contributed by atoms with Gasteiger partial charge in [0.05, 0.1) is 4.47 Å². The molecular formula is C9H8BrFO2. The molecule has 0 amide bonds. The fourth-order valence-corrected chi connectivity index (χ4v) is 1.26. The van der Waals surface area contributed by atoms with E-state index in [1.54, 1.807) is 0 Å². The van der Waals surface area contributed by atoms with Crippen LogP contribution in [-0.4, -0.2) is 11.4 Å². The van der Waals surface area contributed by atoms with E-state index >= 15 is 0 Å². The third-order valence-corrected chi connectivity index (χ3v) is 2.37. The summed E-state index contributed by atoms with van der Waals surface area (Å²) >= 11 is 3.04. The SMILES string of the molecule is CC(F)(C=O)c1ccc(O)c(Br)c1. The number of phenolic OH excluding ortho intramolecular Hbond substituents is 1. The monoisotopic (exact) mass is 246 g/mol. The molecule has 0 aliphatic heterocycles. The van der Waals surface area contributed by atoms with Gasteiger partial charge >= 0.3 is 0 Å². The molecule has 0 heterocycles. The highest BCUT2D eigenvalue weighted by atomic mass is 79.9. The lowest BCUT2D eigenvalue weighted by Crippen LogP contribution is -2.16. The summed E-state index contributed by atoms with van der Waals surface area (Å²) in [7, 11) is 0. The van der Waals surface area contributed by atoms with Gasteiger partial charge in [0.25, 0.3) is 0 Å². The first-order valence-corrected chi connectivity index (χ1v) is 4.41. The maximum absolute atomic E-state index is 13.4. The van der Waals surface area contributed by atoms with Gasteiger partial charge < -0.3 is 5.11 Å². The number of benzene rings is 1. The molecule has 1 rings (SSSR count). The van der Waals surface area contributed by atoms with Crippen LogP contribution in [0.1, 0.15) is 12.5 Å². The minimum atomic E-state index is -2.00. The molecule has 0 saturated heterocycles. The molecule has 0 spiro atoms. The number of phenols is 1. The molecule has 0 aliphatic carbocycles. The van der Waals surface area contributed by atoms with Crippen molar-refractivity contribution in [1.82, 2.24) is 0 Å². The van der Waals surface area contributed by atoms with Crippen molar-refractivity contribution in [2.24, 2.45) is 0 Å². The number of carbonyl (C=O) groups excluding carboxylic acids is 1. The third kappa shape index (κ3) is 2.06. The molecule has 13 heavy (non-hydrogen) atoms. The second kappa shape index (κ2) is 3.46. The maximum Gasteiger partial charge on any atom is 0.188 e. The van der Waals surface area contributed by atoms with Gasteiger partial charge in [-0.1, -0.05) is 6.07 Å². The fraction of sp³-hybridized carbons (Fsp3) is 0.222. The van der Waals surface area contributed by atoms with Crippen molar-refractivity contribution in [3.05, 3.63) is 28.2 Å². The van der Waals surface area contributed by atoms with Crippen LogP contribution in [0.15, 0.2) is 22.7 Å². The highest BCUT2D eigenvalue weighted by molar-refractivity contribution is 9.10. The predicted molar refractivity (Wildman–Crippen MR) is 50.3 cm³/mol. The summed E-state index contributed by atoms with van der Waals surface area (Å²) in [4.78, 5) is 10.4. The number of rotatable bonds is 2. The molecule has 4 heteroatoms. The summed E-state index contributed by atoms with van der Waals surface area (Å²) in [5.41, 5.74) is -1.79. The Balaban J connectivity index is 3.18. The maximum atomic E-state index is 13.4. The summed E-state index contributed by atoms with van der Waals surface area (Å²) in [6, 6.07) is 4.08. The molecule has 0 saturated carbocycles. The highest BCUT2D eigenvalue weighted by Gasteiger charge is 2.25. The number of halogens is 2. The van der Waals surface area contributed by atoms with E-state index in [0.29, 0.717) is 4.47 Å². The zero-order valence-electron chi connectivity index (χ0n) is 6.92. The van der Waals surface area contributed by atoms with Crippen LogP contribution >= 0.6 is 15.9 Å². The summed E-state index contributed by atoms with van der Waals surface area (Å²) in [6.45, 7) is 1.17. The molecule has 1 unspecified atom stereocenters. The molecule has 0 aliphatic rings. The molecule has 2 nitrogen and oxygen atoms in total. The van der Waals surface area contributed by atoms with Crippen molar-refractivity contribution in [2.75, 3.05) is 0 Å². The molecule has 0 fully saturated rings. The lowest BCUT2D eigenvalue weighted by atomic mass is 10.00. The minimum Gasteiger partial charge on any atom is -0.507 e. The summed E-state index contributed by atoms with van der Waals surface area (Å²) in [5.74, 6) is 0.0189. The van der Waals surface area contributed by atoms with Crippen LogP contribution in [0.4, 0.5) is 4.39 Å². The van der Waals surface area contributed by atoms with Crippen LogP contribution in [0.5, 0.6) is 5.75 Å². The zero-order valence-corrected chi connectivity index (χ0v) is 8.51. The Kier molecular flexibility index (Phi) is 2.71. The van der Waals surface area contributed by atoms with Gasteiger partial charge in [-0.3, -0.25) is 4.79 Å². The van der Waals surface area contributed by atoms with Crippen LogP contribution < -0.4 is 0 Å². The molecule has 0 bridgehead atoms. The second-order valence-electron chi connectivity index (χ2n) is 2.86. The Bertz CT molecular complexity index is 336. The number of aldehydes is 1. The van der Waals surface area contributed by atoms with E-state index in [1.807, 2.05) is 0 Å². The quantitative estimate of drug-likeness (QED) is 0.815. The van der Waals surface area contributed by atoms with E-state index in [4.69, 9.17) is 5.11 Å². The van der Waals surface area contributed by atoms with Gasteiger partial charge in [0, 0.05) is 0 Å². The second-order valence-corrected chi connectivity index (χ2v) is 3.71. The first-order valence-electron chi connectivity index (χ1n) is 3.61. The van der Waals surface area contributed by atoms with Crippen molar-refractivity contribution < 1.29 is 14.3 Å². The van der Waals surface area contributed by atoms with E-state index in [9.17, 15) is 9.18 Å². The third-order valence-electron chi connectivity index (χ3n) is 1.73. The van der Waals surface area contributed by atoms with Crippen molar-refractivity contribution in [1.29, 1.82) is 0 Å². The number of carbonyl (C=O) groups is 1. The van der Waals surface area contributed by atoms with Gasteiger partial charge in [0.1, 0.15) is 5.75 Å². The van der Waals surface area contributed by atoms with E-state index in [0.717, 1.165) is 0 Å². The Morgan fingerprint density at radius 2 is 2.23 bits per heavy atom. The van der Waals surface area contributed by atoms with E-state index in [1.165, 1.54) is 25.1 Å². The van der Waals surface area contributed by atoms with Crippen molar-refractivity contribution >= 4 is 22.2 Å². The molecule has 1 atom stereocenters. The van der Waals surface area contributed by atoms with Gasteiger partial charge in [-0.15, -0.1) is 0 Å². The first kappa shape index (κ1) is 10.2. The van der Waals surface area contributed by atoms with Gasteiger partial charge in [-0.25, -0.2) is 4.39 Å². The topological polar surface area (TPSA) is 37.3 Å². The van der Waals surface area contributed by atoms with Gasteiger partial charge in [0.2, 0.25) is 0 Å². The number of hydrogen-bond acceptors (Lipinski definition) is 2. The smallest absolute Gasteiger partial charge is 0.188 e. The van der Waals surface area contributed by atoms with Crippen molar-refractivity contribution in [3.8, 4) is 5.75 Å². The molecule has 1 aromatic rings. The average Bonchev–Trinajstić information content (AvgIpc) is 2.09. The number of alkyl halides is 1. The molecule has 1 N–H and O–H groups in total. The Morgan fingerprint density at radius 1 is 1.62 bits per heavy atom. The standard InChI is InChI=1S/C9H8BrFO2/c1-9(11,5-12)6-2-3-8(13)7(10)4-6/h2-5,13H,1H3. The van der Waals surface area contributed by atoms with E-state index < -0.39 is 5.67 Å². The molecule has 1 aromatic carbocycles. The summed E-state index contributed by atoms with van der Waals surface area (Å²) in [6.07, 6.45) is 0.228. The lowest BCUT2D eigenvalue weighted by Gasteiger charge is -2.13. The molecular weight excluding hydrogens is 239 g/mol. The zero-order chi connectivity index (χ0) is 10.1. The molecule has 0 aromatic heterocycles. The largest absolute Gasteiger partial charge is 0.507 e.